The summed E-state index contributed by atoms with van der Waals surface area (Å²) in [6.45, 7) is 1.94. The Hall–Kier alpha value is -2.76. The summed E-state index contributed by atoms with van der Waals surface area (Å²) in [6.07, 6.45) is 1.06. The van der Waals surface area contributed by atoms with Crippen LogP contribution in [0.15, 0.2) is 42.6 Å². The number of nitrogens with one attached hydrogen (secondary N) is 1. The van der Waals surface area contributed by atoms with Gasteiger partial charge in [0, 0.05) is 19.7 Å². The van der Waals surface area contributed by atoms with Crippen molar-refractivity contribution in [2.75, 3.05) is 6.54 Å². The summed E-state index contributed by atoms with van der Waals surface area (Å²) in [7, 11) is 0. The SMILES string of the molecule is CC(=O)N1CCC(F)C1c1ccc2nc(-c3ccccn3)[nH]c2c1. The molecule has 6 heteroatoms. The second-order valence-corrected chi connectivity index (χ2v) is 6.04. The predicted octanol–water partition coefficient (Wildman–Crippen LogP) is 3.26. The first-order chi connectivity index (χ1) is 11.6. The molecule has 2 atom stereocenters. The third-order valence-electron chi connectivity index (χ3n) is 4.48. The molecule has 1 N–H and O–H groups in total. The summed E-state index contributed by atoms with van der Waals surface area (Å²) in [5, 5.41) is 0. The van der Waals surface area contributed by atoms with Crippen molar-refractivity contribution in [3.05, 3.63) is 48.2 Å². The van der Waals surface area contributed by atoms with E-state index in [-0.39, 0.29) is 5.91 Å². The van der Waals surface area contributed by atoms with Gasteiger partial charge in [0.1, 0.15) is 11.9 Å². The van der Waals surface area contributed by atoms with Crippen molar-refractivity contribution < 1.29 is 9.18 Å². The lowest BCUT2D eigenvalue weighted by atomic mass is 10.0. The number of pyridine rings is 1. The van der Waals surface area contributed by atoms with Crippen molar-refractivity contribution in [2.24, 2.45) is 0 Å². The molecular formula is C18H17FN4O. The van der Waals surface area contributed by atoms with E-state index < -0.39 is 12.2 Å². The van der Waals surface area contributed by atoms with Crippen LogP contribution in [0.4, 0.5) is 4.39 Å². The highest BCUT2D eigenvalue weighted by Gasteiger charge is 2.37. The zero-order valence-electron chi connectivity index (χ0n) is 13.2. The van der Waals surface area contributed by atoms with Crippen molar-refractivity contribution in [1.29, 1.82) is 0 Å². The van der Waals surface area contributed by atoms with Gasteiger partial charge in [-0.3, -0.25) is 9.78 Å². The van der Waals surface area contributed by atoms with E-state index in [0.717, 1.165) is 22.3 Å². The van der Waals surface area contributed by atoms with Crippen molar-refractivity contribution in [3.63, 3.8) is 0 Å². The van der Waals surface area contributed by atoms with Gasteiger partial charge in [-0.05, 0) is 36.2 Å². The lowest BCUT2D eigenvalue weighted by Gasteiger charge is -2.24. The Labute approximate surface area is 138 Å². The standard InChI is InChI=1S/C18H17FN4O/c1-11(24)23-9-7-13(19)17(23)12-5-6-14-16(10-12)22-18(21-14)15-4-2-3-8-20-15/h2-6,8,10,13,17H,7,9H2,1H3,(H,21,22). The molecule has 122 valence electrons. The molecule has 1 aromatic carbocycles. The molecule has 2 aromatic heterocycles. The highest BCUT2D eigenvalue weighted by Crippen LogP contribution is 2.35. The number of hydrogen-bond donors (Lipinski definition) is 1. The molecule has 1 aliphatic heterocycles. The number of imidazole rings is 1. The first kappa shape index (κ1) is 14.8. The summed E-state index contributed by atoms with van der Waals surface area (Å²) in [6, 6.07) is 10.7. The third-order valence-corrected chi connectivity index (χ3v) is 4.48. The van der Waals surface area contributed by atoms with Gasteiger partial charge in [-0.1, -0.05) is 12.1 Å². The van der Waals surface area contributed by atoms with E-state index >= 15 is 0 Å². The van der Waals surface area contributed by atoms with Crippen LogP contribution in [0.3, 0.4) is 0 Å². The zero-order chi connectivity index (χ0) is 16.7. The summed E-state index contributed by atoms with van der Waals surface area (Å²) >= 11 is 0. The number of halogens is 1. The summed E-state index contributed by atoms with van der Waals surface area (Å²) < 4.78 is 14.3. The molecule has 1 aliphatic rings. The van der Waals surface area contributed by atoms with E-state index in [1.165, 1.54) is 6.92 Å². The molecule has 0 saturated carbocycles. The molecule has 0 bridgehead atoms. The van der Waals surface area contributed by atoms with Crippen molar-refractivity contribution >= 4 is 16.9 Å². The number of aromatic amines is 1. The Bertz CT molecular complexity index is 892. The summed E-state index contributed by atoms with van der Waals surface area (Å²) in [5.41, 5.74) is 3.15. The van der Waals surface area contributed by atoms with Crippen LogP contribution in [-0.4, -0.2) is 38.5 Å². The van der Waals surface area contributed by atoms with Gasteiger partial charge in [-0.2, -0.15) is 0 Å². The first-order valence-electron chi connectivity index (χ1n) is 7.96. The third kappa shape index (κ3) is 2.44. The van der Waals surface area contributed by atoms with Crippen molar-refractivity contribution in [1.82, 2.24) is 19.9 Å². The molecule has 1 saturated heterocycles. The molecule has 3 heterocycles. The van der Waals surface area contributed by atoms with Gasteiger partial charge in [0.2, 0.25) is 5.91 Å². The fourth-order valence-corrected chi connectivity index (χ4v) is 3.33. The lowest BCUT2D eigenvalue weighted by Crippen LogP contribution is -2.30. The fourth-order valence-electron chi connectivity index (χ4n) is 3.33. The number of likely N-dealkylation sites (tertiary alicyclic amines) is 1. The highest BCUT2D eigenvalue weighted by atomic mass is 19.1. The van der Waals surface area contributed by atoms with Gasteiger partial charge < -0.3 is 9.88 Å². The molecule has 5 nitrogen and oxygen atoms in total. The minimum absolute atomic E-state index is 0.0981. The Morgan fingerprint density at radius 2 is 2.21 bits per heavy atom. The minimum Gasteiger partial charge on any atom is -0.337 e. The van der Waals surface area contributed by atoms with Crippen LogP contribution < -0.4 is 0 Å². The molecule has 0 spiro atoms. The van der Waals surface area contributed by atoms with Crippen LogP contribution in [0.25, 0.3) is 22.6 Å². The van der Waals surface area contributed by atoms with E-state index in [9.17, 15) is 9.18 Å². The maximum absolute atomic E-state index is 14.3. The van der Waals surface area contributed by atoms with Crippen LogP contribution in [0, 0.1) is 0 Å². The minimum atomic E-state index is -1.04. The number of carbonyl (C=O) groups is 1. The second-order valence-electron chi connectivity index (χ2n) is 6.04. The Balaban J connectivity index is 1.74. The largest absolute Gasteiger partial charge is 0.337 e. The van der Waals surface area contributed by atoms with Crippen LogP contribution in [0.2, 0.25) is 0 Å². The van der Waals surface area contributed by atoms with Gasteiger partial charge in [0.25, 0.3) is 0 Å². The molecule has 1 amide bonds. The number of amides is 1. The number of H-pyrrole nitrogens is 1. The summed E-state index contributed by atoms with van der Waals surface area (Å²) in [4.78, 5) is 25.4. The van der Waals surface area contributed by atoms with E-state index in [4.69, 9.17) is 0 Å². The molecule has 4 rings (SSSR count). The number of fused-ring (bicyclic) bond motifs is 1. The van der Waals surface area contributed by atoms with Gasteiger partial charge in [-0.15, -0.1) is 0 Å². The maximum Gasteiger partial charge on any atom is 0.220 e. The Morgan fingerprint density at radius 3 is 2.96 bits per heavy atom. The van der Waals surface area contributed by atoms with Crippen LogP contribution in [0.5, 0.6) is 0 Å². The lowest BCUT2D eigenvalue weighted by molar-refractivity contribution is -0.130. The number of alkyl halides is 1. The van der Waals surface area contributed by atoms with Crippen LogP contribution >= 0.6 is 0 Å². The smallest absolute Gasteiger partial charge is 0.220 e. The highest BCUT2D eigenvalue weighted by molar-refractivity contribution is 5.80. The van der Waals surface area contributed by atoms with Gasteiger partial charge in [0.05, 0.1) is 17.1 Å². The topological polar surface area (TPSA) is 61.9 Å². The number of rotatable bonds is 2. The molecule has 3 aromatic rings. The Morgan fingerprint density at radius 1 is 1.33 bits per heavy atom. The first-order valence-corrected chi connectivity index (χ1v) is 7.96. The molecule has 2 unspecified atom stereocenters. The molecule has 1 fully saturated rings. The zero-order valence-corrected chi connectivity index (χ0v) is 13.2. The number of hydrogen-bond acceptors (Lipinski definition) is 3. The second kappa shape index (κ2) is 5.70. The van der Waals surface area contributed by atoms with E-state index in [0.29, 0.717) is 18.8 Å². The summed E-state index contributed by atoms with van der Waals surface area (Å²) in [5.74, 6) is 0.577. The van der Waals surface area contributed by atoms with Gasteiger partial charge in [-0.25, -0.2) is 9.37 Å². The molecule has 0 aliphatic carbocycles. The molecular weight excluding hydrogens is 307 g/mol. The maximum atomic E-state index is 14.3. The average Bonchev–Trinajstić information content (AvgIpc) is 3.18. The normalized spacial score (nSPS) is 20.7. The number of nitrogens with zero attached hydrogens (tertiary/aromatic N) is 3. The van der Waals surface area contributed by atoms with E-state index in [1.54, 1.807) is 11.1 Å². The van der Waals surface area contributed by atoms with Crippen molar-refractivity contribution in [2.45, 2.75) is 25.6 Å². The number of benzene rings is 1. The van der Waals surface area contributed by atoms with Gasteiger partial charge >= 0.3 is 0 Å². The monoisotopic (exact) mass is 324 g/mol. The number of carbonyl (C=O) groups excluding carboxylic acids is 1. The average molecular weight is 324 g/mol. The fraction of sp³-hybridized carbons (Fsp3) is 0.278. The van der Waals surface area contributed by atoms with Crippen molar-refractivity contribution in [3.8, 4) is 11.5 Å². The van der Waals surface area contributed by atoms with Gasteiger partial charge in [0.15, 0.2) is 5.82 Å². The van der Waals surface area contributed by atoms with E-state index in [2.05, 4.69) is 15.0 Å². The van der Waals surface area contributed by atoms with Crippen LogP contribution in [0.1, 0.15) is 24.9 Å². The Kier molecular flexibility index (Phi) is 3.52. The molecule has 0 radical (unpaired) electrons. The van der Waals surface area contributed by atoms with Crippen LogP contribution in [-0.2, 0) is 4.79 Å². The predicted molar refractivity (Wildman–Crippen MR) is 89.0 cm³/mol. The number of aromatic nitrogens is 3. The molecule has 24 heavy (non-hydrogen) atoms. The quantitative estimate of drug-likeness (QED) is 0.787. The van der Waals surface area contributed by atoms with E-state index in [1.807, 2.05) is 36.4 Å².